The van der Waals surface area contributed by atoms with Crippen molar-refractivity contribution in [3.05, 3.63) is 35.9 Å². The Morgan fingerprint density at radius 3 is 2.81 bits per heavy atom. The van der Waals surface area contributed by atoms with Gasteiger partial charge in [0.2, 0.25) is 0 Å². The van der Waals surface area contributed by atoms with Crippen LogP contribution in [-0.2, 0) is 4.74 Å². The second-order valence-corrected chi connectivity index (χ2v) is 3.91. The van der Waals surface area contributed by atoms with E-state index in [0.29, 0.717) is 12.7 Å². The van der Waals surface area contributed by atoms with Crippen LogP contribution >= 0.6 is 0 Å². The Bertz CT molecular complexity index is 334. The summed E-state index contributed by atoms with van der Waals surface area (Å²) >= 11 is 0. The lowest BCUT2D eigenvalue weighted by molar-refractivity contribution is 0.146. The van der Waals surface area contributed by atoms with Crippen LogP contribution in [-0.4, -0.2) is 19.3 Å². The third-order valence-corrected chi connectivity index (χ3v) is 2.66. The van der Waals surface area contributed by atoms with Gasteiger partial charge in [0.05, 0.1) is 12.7 Å². The van der Waals surface area contributed by atoms with Crippen LogP contribution in [0.2, 0.25) is 0 Å². The Morgan fingerprint density at radius 1 is 1.38 bits per heavy atom. The molecular weight excluding hydrogens is 200 g/mol. The summed E-state index contributed by atoms with van der Waals surface area (Å²) in [6.07, 6.45) is 6.90. The Morgan fingerprint density at radius 2 is 2.19 bits per heavy atom. The van der Waals surface area contributed by atoms with Crippen molar-refractivity contribution in [1.82, 2.24) is 0 Å². The molecule has 1 aliphatic heterocycles. The lowest BCUT2D eigenvalue weighted by Gasteiger charge is -2.03. The Labute approximate surface area is 96.9 Å². The molecule has 1 aliphatic rings. The smallest absolute Gasteiger partial charge is 0.119 e. The Kier molecular flexibility index (Phi) is 4.00. The quantitative estimate of drug-likeness (QED) is 0.772. The van der Waals surface area contributed by atoms with Crippen molar-refractivity contribution < 1.29 is 9.47 Å². The van der Waals surface area contributed by atoms with Crippen LogP contribution in [0.3, 0.4) is 0 Å². The molecule has 2 rings (SSSR count). The maximum atomic E-state index is 5.53. The number of rotatable bonds is 4. The predicted octanol–water partition coefficient (Wildman–Crippen LogP) is 3.28. The van der Waals surface area contributed by atoms with Gasteiger partial charge < -0.3 is 9.47 Å². The topological polar surface area (TPSA) is 18.5 Å². The third-order valence-electron chi connectivity index (χ3n) is 2.66. The zero-order valence-electron chi connectivity index (χ0n) is 9.69. The summed E-state index contributed by atoms with van der Waals surface area (Å²) in [5, 5.41) is 0. The summed E-state index contributed by atoms with van der Waals surface area (Å²) in [5.74, 6) is 0.928. The summed E-state index contributed by atoms with van der Waals surface area (Å²) in [6, 6.07) is 8.13. The summed E-state index contributed by atoms with van der Waals surface area (Å²) in [4.78, 5) is 0. The van der Waals surface area contributed by atoms with E-state index < -0.39 is 0 Å². The van der Waals surface area contributed by atoms with E-state index in [2.05, 4.69) is 24.3 Å². The summed E-state index contributed by atoms with van der Waals surface area (Å²) < 4.78 is 10.9. The minimum absolute atomic E-state index is 0.312. The van der Waals surface area contributed by atoms with E-state index >= 15 is 0 Å². The number of ether oxygens (including phenoxy) is 2. The zero-order valence-corrected chi connectivity index (χ0v) is 9.69. The van der Waals surface area contributed by atoms with Gasteiger partial charge in [-0.15, -0.1) is 0 Å². The number of hydrogen-bond acceptors (Lipinski definition) is 2. The van der Waals surface area contributed by atoms with E-state index in [4.69, 9.17) is 9.47 Å². The molecule has 0 aromatic heterocycles. The molecule has 86 valence electrons. The minimum atomic E-state index is 0.312. The summed E-state index contributed by atoms with van der Waals surface area (Å²) in [7, 11) is 0. The van der Waals surface area contributed by atoms with Crippen molar-refractivity contribution in [2.24, 2.45) is 0 Å². The van der Waals surface area contributed by atoms with Crippen LogP contribution < -0.4 is 4.74 Å². The van der Waals surface area contributed by atoms with Crippen LogP contribution in [0.25, 0.3) is 6.08 Å². The molecule has 1 aromatic carbocycles. The average Bonchev–Trinajstić information content (AvgIpc) is 2.82. The molecule has 1 aromatic rings. The minimum Gasteiger partial charge on any atom is -0.494 e. The van der Waals surface area contributed by atoms with E-state index in [-0.39, 0.29) is 0 Å². The fraction of sp³-hybridized carbons (Fsp3) is 0.429. The summed E-state index contributed by atoms with van der Waals surface area (Å²) in [6.45, 7) is 3.61. The molecule has 0 amide bonds. The van der Waals surface area contributed by atoms with Gasteiger partial charge in [-0.1, -0.05) is 24.3 Å². The van der Waals surface area contributed by atoms with Crippen LogP contribution in [0.5, 0.6) is 5.75 Å². The Hall–Kier alpha value is -1.28. The Balaban J connectivity index is 1.93. The molecule has 16 heavy (non-hydrogen) atoms. The van der Waals surface area contributed by atoms with Gasteiger partial charge in [-0.05, 0) is 37.5 Å². The first-order valence-electron chi connectivity index (χ1n) is 5.91. The van der Waals surface area contributed by atoms with Crippen LogP contribution in [0.4, 0.5) is 0 Å². The van der Waals surface area contributed by atoms with E-state index in [9.17, 15) is 0 Å². The van der Waals surface area contributed by atoms with Gasteiger partial charge in [0.25, 0.3) is 0 Å². The van der Waals surface area contributed by atoms with Gasteiger partial charge in [-0.25, -0.2) is 0 Å². The standard InChI is InChI=1S/C14H18O2/c1-2-15-14-9-6-12(7-10-14)5-8-13-4-3-11-16-13/h5-10,13H,2-4,11H2,1H3. The van der Waals surface area contributed by atoms with Crippen molar-refractivity contribution in [3.63, 3.8) is 0 Å². The molecule has 0 bridgehead atoms. The lowest BCUT2D eigenvalue weighted by atomic mass is 10.1. The van der Waals surface area contributed by atoms with Gasteiger partial charge in [0.15, 0.2) is 0 Å². The van der Waals surface area contributed by atoms with Crippen molar-refractivity contribution in [3.8, 4) is 5.75 Å². The molecule has 2 nitrogen and oxygen atoms in total. The highest BCUT2D eigenvalue weighted by molar-refractivity contribution is 5.51. The molecule has 1 saturated heterocycles. The first kappa shape index (κ1) is 11.2. The largest absolute Gasteiger partial charge is 0.494 e. The van der Waals surface area contributed by atoms with Crippen LogP contribution in [0.15, 0.2) is 30.3 Å². The lowest BCUT2D eigenvalue weighted by Crippen LogP contribution is -1.98. The van der Waals surface area contributed by atoms with Gasteiger partial charge in [-0.3, -0.25) is 0 Å². The zero-order chi connectivity index (χ0) is 11.2. The fourth-order valence-corrected chi connectivity index (χ4v) is 1.81. The van der Waals surface area contributed by atoms with Crippen LogP contribution in [0.1, 0.15) is 25.3 Å². The van der Waals surface area contributed by atoms with Crippen molar-refractivity contribution in [2.45, 2.75) is 25.9 Å². The summed E-state index contributed by atoms with van der Waals surface area (Å²) in [5.41, 5.74) is 1.19. The fourth-order valence-electron chi connectivity index (χ4n) is 1.81. The molecular formula is C14H18O2. The molecule has 1 heterocycles. The molecule has 1 atom stereocenters. The highest BCUT2D eigenvalue weighted by atomic mass is 16.5. The van der Waals surface area contributed by atoms with Crippen LogP contribution in [0, 0.1) is 0 Å². The van der Waals surface area contributed by atoms with Gasteiger partial charge >= 0.3 is 0 Å². The van der Waals surface area contributed by atoms with Crippen molar-refractivity contribution in [1.29, 1.82) is 0 Å². The van der Waals surface area contributed by atoms with E-state index in [1.165, 1.54) is 12.0 Å². The van der Waals surface area contributed by atoms with Gasteiger partial charge in [0.1, 0.15) is 5.75 Å². The maximum Gasteiger partial charge on any atom is 0.119 e. The SMILES string of the molecule is CCOc1ccc(C=CC2CCCO2)cc1. The normalized spacial score (nSPS) is 20.4. The van der Waals surface area contributed by atoms with Crippen molar-refractivity contribution in [2.75, 3.05) is 13.2 Å². The monoisotopic (exact) mass is 218 g/mol. The molecule has 0 N–H and O–H groups in total. The van der Waals surface area contributed by atoms with Crippen molar-refractivity contribution >= 4 is 6.08 Å². The maximum absolute atomic E-state index is 5.53. The highest BCUT2D eigenvalue weighted by Crippen LogP contribution is 2.16. The molecule has 1 fully saturated rings. The van der Waals surface area contributed by atoms with Gasteiger partial charge in [-0.2, -0.15) is 0 Å². The number of hydrogen-bond donors (Lipinski definition) is 0. The van der Waals surface area contributed by atoms with E-state index in [0.717, 1.165) is 18.8 Å². The third kappa shape index (κ3) is 3.11. The first-order valence-corrected chi connectivity index (χ1v) is 5.91. The molecule has 0 aliphatic carbocycles. The number of benzene rings is 1. The van der Waals surface area contributed by atoms with Gasteiger partial charge in [0, 0.05) is 6.61 Å². The highest BCUT2D eigenvalue weighted by Gasteiger charge is 2.10. The molecule has 0 saturated carbocycles. The molecule has 1 unspecified atom stereocenters. The second kappa shape index (κ2) is 5.71. The molecule has 2 heteroatoms. The molecule has 0 spiro atoms. The first-order chi connectivity index (χ1) is 7.88. The van der Waals surface area contributed by atoms with E-state index in [1.807, 2.05) is 19.1 Å². The van der Waals surface area contributed by atoms with E-state index in [1.54, 1.807) is 0 Å². The molecule has 0 radical (unpaired) electrons. The second-order valence-electron chi connectivity index (χ2n) is 3.91. The predicted molar refractivity (Wildman–Crippen MR) is 65.6 cm³/mol. The average molecular weight is 218 g/mol.